The molecule has 0 aliphatic heterocycles. The van der Waals surface area contributed by atoms with Crippen LogP contribution >= 0.6 is 11.6 Å². The van der Waals surface area contributed by atoms with Crippen molar-refractivity contribution in [1.82, 2.24) is 9.78 Å². The molecule has 2 nitrogen and oxygen atoms in total. The van der Waals surface area contributed by atoms with E-state index in [0.717, 1.165) is 16.6 Å². The molecular formula is C9H8ClFN2. The van der Waals surface area contributed by atoms with Crippen molar-refractivity contribution in [2.45, 2.75) is 6.92 Å². The van der Waals surface area contributed by atoms with Gasteiger partial charge >= 0.3 is 0 Å². The van der Waals surface area contributed by atoms with Gasteiger partial charge in [0.15, 0.2) is 0 Å². The van der Waals surface area contributed by atoms with Crippen LogP contribution < -0.4 is 0 Å². The zero-order valence-electron chi connectivity index (χ0n) is 7.31. The molecule has 0 amide bonds. The van der Waals surface area contributed by atoms with Crippen molar-refractivity contribution in [3.63, 3.8) is 0 Å². The molecule has 13 heavy (non-hydrogen) atoms. The Morgan fingerprint density at radius 3 is 2.85 bits per heavy atom. The lowest BCUT2D eigenvalue weighted by Gasteiger charge is -1.93. The molecule has 0 aliphatic rings. The van der Waals surface area contributed by atoms with Crippen molar-refractivity contribution in [3.05, 3.63) is 28.7 Å². The highest BCUT2D eigenvalue weighted by atomic mass is 35.5. The topological polar surface area (TPSA) is 17.8 Å². The maximum Gasteiger partial charge on any atom is 0.142 e. The van der Waals surface area contributed by atoms with Crippen LogP contribution in [0.15, 0.2) is 12.1 Å². The number of fused-ring (bicyclic) bond motifs is 1. The summed E-state index contributed by atoms with van der Waals surface area (Å²) in [6, 6.07) is 2.96. The Balaban J connectivity index is 2.89. The zero-order valence-corrected chi connectivity index (χ0v) is 8.06. The second-order valence-electron chi connectivity index (χ2n) is 2.99. The van der Waals surface area contributed by atoms with Gasteiger partial charge in [0.05, 0.1) is 10.5 Å². The number of hydrogen-bond donors (Lipinski definition) is 0. The molecule has 1 heterocycles. The summed E-state index contributed by atoms with van der Waals surface area (Å²) in [5.41, 5.74) is 1.66. The minimum atomic E-state index is -0.398. The maximum absolute atomic E-state index is 13.1. The molecule has 68 valence electrons. The second-order valence-corrected chi connectivity index (χ2v) is 3.40. The molecule has 0 atom stereocenters. The fourth-order valence-electron chi connectivity index (χ4n) is 1.32. The molecule has 0 fully saturated rings. The summed E-state index contributed by atoms with van der Waals surface area (Å²) in [5.74, 6) is -0.398. The monoisotopic (exact) mass is 198 g/mol. The van der Waals surface area contributed by atoms with Crippen molar-refractivity contribution >= 4 is 22.5 Å². The third-order valence-electron chi connectivity index (χ3n) is 2.17. The van der Waals surface area contributed by atoms with Crippen LogP contribution in [0.1, 0.15) is 5.69 Å². The Hall–Kier alpha value is -1.09. The molecule has 0 aliphatic carbocycles. The van der Waals surface area contributed by atoms with Gasteiger partial charge in [-0.05, 0) is 19.1 Å². The van der Waals surface area contributed by atoms with Crippen LogP contribution in [0.5, 0.6) is 0 Å². The van der Waals surface area contributed by atoms with E-state index in [1.807, 2.05) is 14.0 Å². The average Bonchev–Trinajstić information content (AvgIpc) is 2.32. The highest BCUT2D eigenvalue weighted by Crippen LogP contribution is 2.23. The lowest BCUT2D eigenvalue weighted by molar-refractivity contribution is 0.630. The first-order chi connectivity index (χ1) is 6.09. The van der Waals surface area contributed by atoms with E-state index in [1.165, 1.54) is 6.07 Å². The summed E-state index contributed by atoms with van der Waals surface area (Å²) in [6.45, 7) is 1.89. The molecule has 0 unspecified atom stereocenters. The van der Waals surface area contributed by atoms with Crippen LogP contribution in [0, 0.1) is 12.7 Å². The number of rotatable bonds is 0. The number of halogens is 2. The van der Waals surface area contributed by atoms with Crippen molar-refractivity contribution < 1.29 is 4.39 Å². The van der Waals surface area contributed by atoms with Crippen LogP contribution in [-0.4, -0.2) is 9.78 Å². The van der Waals surface area contributed by atoms with Crippen molar-refractivity contribution in [2.24, 2.45) is 7.05 Å². The number of nitrogens with zero attached hydrogens (tertiary/aromatic N) is 2. The van der Waals surface area contributed by atoms with Gasteiger partial charge in [-0.15, -0.1) is 0 Å². The molecule has 0 N–H and O–H groups in total. The van der Waals surface area contributed by atoms with Gasteiger partial charge < -0.3 is 0 Å². The first-order valence-electron chi connectivity index (χ1n) is 3.88. The van der Waals surface area contributed by atoms with Gasteiger partial charge in [0.2, 0.25) is 0 Å². The van der Waals surface area contributed by atoms with E-state index in [0.29, 0.717) is 0 Å². The summed E-state index contributed by atoms with van der Waals surface area (Å²) < 4.78 is 14.8. The summed E-state index contributed by atoms with van der Waals surface area (Å²) in [4.78, 5) is 0. The van der Waals surface area contributed by atoms with Crippen molar-refractivity contribution in [3.8, 4) is 0 Å². The SMILES string of the molecule is Cc1c2cc(F)c(Cl)cc2nn1C. The second kappa shape index (κ2) is 2.70. The van der Waals surface area contributed by atoms with Crippen LogP contribution in [0.25, 0.3) is 10.9 Å². The molecular weight excluding hydrogens is 191 g/mol. The highest BCUT2D eigenvalue weighted by Gasteiger charge is 2.08. The van der Waals surface area contributed by atoms with E-state index in [1.54, 1.807) is 10.7 Å². The molecule has 2 rings (SSSR count). The zero-order chi connectivity index (χ0) is 9.59. The van der Waals surface area contributed by atoms with Gasteiger partial charge in [0.1, 0.15) is 5.82 Å². The molecule has 0 saturated carbocycles. The molecule has 1 aromatic heterocycles. The molecule has 0 radical (unpaired) electrons. The number of aryl methyl sites for hydroxylation is 2. The fraction of sp³-hybridized carbons (Fsp3) is 0.222. The van der Waals surface area contributed by atoms with Crippen molar-refractivity contribution in [1.29, 1.82) is 0 Å². The molecule has 0 spiro atoms. The van der Waals surface area contributed by atoms with Gasteiger partial charge in [-0.2, -0.15) is 5.10 Å². The maximum atomic E-state index is 13.1. The lowest BCUT2D eigenvalue weighted by atomic mass is 10.2. The summed E-state index contributed by atoms with van der Waals surface area (Å²) in [6.07, 6.45) is 0. The smallest absolute Gasteiger partial charge is 0.142 e. The van der Waals surface area contributed by atoms with E-state index in [-0.39, 0.29) is 5.02 Å². The van der Waals surface area contributed by atoms with Crippen LogP contribution in [0.2, 0.25) is 5.02 Å². The summed E-state index contributed by atoms with van der Waals surface area (Å²) in [5, 5.41) is 5.11. The van der Waals surface area contributed by atoms with E-state index in [4.69, 9.17) is 11.6 Å². The number of hydrogen-bond acceptors (Lipinski definition) is 1. The Morgan fingerprint density at radius 1 is 1.46 bits per heavy atom. The largest absolute Gasteiger partial charge is 0.272 e. The minimum Gasteiger partial charge on any atom is -0.272 e. The molecule has 4 heteroatoms. The van der Waals surface area contributed by atoms with Gasteiger partial charge in [-0.3, -0.25) is 4.68 Å². The first kappa shape index (κ1) is 8.51. The Kier molecular flexibility index (Phi) is 1.77. The van der Waals surface area contributed by atoms with Gasteiger partial charge in [-0.25, -0.2) is 4.39 Å². The summed E-state index contributed by atoms with van der Waals surface area (Å²) in [7, 11) is 1.82. The minimum absolute atomic E-state index is 0.116. The predicted molar refractivity (Wildman–Crippen MR) is 50.4 cm³/mol. The molecule has 2 aromatic rings. The van der Waals surface area contributed by atoms with Gasteiger partial charge in [0.25, 0.3) is 0 Å². The highest BCUT2D eigenvalue weighted by molar-refractivity contribution is 6.31. The van der Waals surface area contributed by atoms with E-state index < -0.39 is 5.82 Å². The number of aromatic nitrogens is 2. The van der Waals surface area contributed by atoms with Crippen LogP contribution in [0.3, 0.4) is 0 Å². The van der Waals surface area contributed by atoms with Crippen LogP contribution in [0.4, 0.5) is 4.39 Å². The normalized spacial score (nSPS) is 11.1. The first-order valence-corrected chi connectivity index (χ1v) is 4.26. The lowest BCUT2D eigenvalue weighted by Crippen LogP contribution is -1.91. The van der Waals surface area contributed by atoms with E-state index in [9.17, 15) is 4.39 Å². The van der Waals surface area contributed by atoms with E-state index >= 15 is 0 Å². The molecule has 1 aromatic carbocycles. The molecule has 0 saturated heterocycles. The van der Waals surface area contributed by atoms with Gasteiger partial charge in [0, 0.05) is 18.1 Å². The standard InChI is InChI=1S/C9H8ClFN2/c1-5-6-3-8(11)7(10)4-9(6)12-13(5)2/h3-4H,1-2H3. The van der Waals surface area contributed by atoms with Crippen molar-refractivity contribution in [2.75, 3.05) is 0 Å². The Labute approximate surface area is 79.9 Å². The van der Waals surface area contributed by atoms with E-state index in [2.05, 4.69) is 5.10 Å². The molecule has 0 bridgehead atoms. The van der Waals surface area contributed by atoms with Crippen LogP contribution in [-0.2, 0) is 7.05 Å². The average molecular weight is 199 g/mol. The quantitative estimate of drug-likeness (QED) is 0.637. The third-order valence-corrected chi connectivity index (χ3v) is 2.46. The number of benzene rings is 1. The summed E-state index contributed by atoms with van der Waals surface area (Å²) >= 11 is 5.62. The Bertz CT molecular complexity index is 476. The predicted octanol–water partition coefficient (Wildman–Crippen LogP) is 2.67. The van der Waals surface area contributed by atoms with Gasteiger partial charge in [-0.1, -0.05) is 11.6 Å². The fourth-order valence-corrected chi connectivity index (χ4v) is 1.48. The Morgan fingerprint density at radius 2 is 2.15 bits per heavy atom. The third kappa shape index (κ3) is 1.20.